The van der Waals surface area contributed by atoms with Gasteiger partial charge in [0.05, 0.1) is 23.2 Å². The summed E-state index contributed by atoms with van der Waals surface area (Å²) in [5.41, 5.74) is -0.289. The summed E-state index contributed by atoms with van der Waals surface area (Å²) in [4.78, 5) is 24.5. The summed E-state index contributed by atoms with van der Waals surface area (Å²) >= 11 is 0. The second-order valence-electron chi connectivity index (χ2n) is 5.08. The van der Waals surface area contributed by atoms with E-state index in [1.54, 1.807) is 25.1 Å². The fraction of sp³-hybridized carbons (Fsp3) is 0.467. The quantitative estimate of drug-likeness (QED) is 0.597. The van der Waals surface area contributed by atoms with Gasteiger partial charge in [-0.2, -0.15) is 0 Å². The van der Waals surface area contributed by atoms with Crippen molar-refractivity contribution in [3.63, 3.8) is 0 Å². The highest BCUT2D eigenvalue weighted by molar-refractivity contribution is 7.85. The number of rotatable bonds is 6. The Morgan fingerprint density at radius 2 is 1.95 bits per heavy atom. The summed E-state index contributed by atoms with van der Waals surface area (Å²) in [6.45, 7) is 6.80. The standard InChI is InChI=1S/C15H20O4S/c1-5-19-14(17)15(3,4)13(16)10-20(18)12-8-6-7-11(2)9-12/h6-9H,5,10H2,1-4H3. The monoisotopic (exact) mass is 296 g/mol. The maximum atomic E-state index is 12.2. The SMILES string of the molecule is CCOC(=O)C(C)(C)C(=O)CS(=O)c1cccc(C)c1. The van der Waals surface area contributed by atoms with Crippen LogP contribution in [0.4, 0.5) is 0 Å². The lowest BCUT2D eigenvalue weighted by atomic mass is 9.89. The summed E-state index contributed by atoms with van der Waals surface area (Å²) < 4.78 is 17.0. The lowest BCUT2D eigenvalue weighted by molar-refractivity contribution is -0.157. The first-order valence-corrected chi connectivity index (χ1v) is 7.76. The van der Waals surface area contributed by atoms with E-state index in [1.807, 2.05) is 13.0 Å². The van der Waals surface area contributed by atoms with E-state index in [2.05, 4.69) is 0 Å². The molecular formula is C15H20O4S. The summed E-state index contributed by atoms with van der Waals surface area (Å²) in [6, 6.07) is 7.18. The molecule has 0 aliphatic rings. The molecule has 1 unspecified atom stereocenters. The molecule has 0 fully saturated rings. The second kappa shape index (κ2) is 6.79. The van der Waals surface area contributed by atoms with Crippen LogP contribution in [0.2, 0.25) is 0 Å². The van der Waals surface area contributed by atoms with Gasteiger partial charge in [0.25, 0.3) is 0 Å². The maximum absolute atomic E-state index is 12.2. The molecule has 110 valence electrons. The predicted octanol–water partition coefficient (Wildman–Crippen LogP) is 2.26. The third-order valence-corrected chi connectivity index (χ3v) is 4.30. The van der Waals surface area contributed by atoms with Gasteiger partial charge < -0.3 is 4.74 Å². The number of carbonyl (C=O) groups excluding carboxylic acids is 2. The van der Waals surface area contributed by atoms with E-state index in [4.69, 9.17) is 4.74 Å². The summed E-state index contributed by atoms with van der Waals surface area (Å²) in [5.74, 6) is -1.14. The fourth-order valence-electron chi connectivity index (χ4n) is 1.57. The molecule has 1 aromatic carbocycles. The fourth-order valence-corrected chi connectivity index (χ4v) is 2.88. The van der Waals surface area contributed by atoms with Crippen LogP contribution in [-0.4, -0.2) is 28.3 Å². The number of ether oxygens (including phenoxy) is 1. The van der Waals surface area contributed by atoms with E-state index in [-0.39, 0.29) is 18.1 Å². The minimum atomic E-state index is -1.45. The van der Waals surface area contributed by atoms with E-state index < -0.39 is 22.2 Å². The zero-order valence-electron chi connectivity index (χ0n) is 12.3. The van der Waals surface area contributed by atoms with Gasteiger partial charge in [0.1, 0.15) is 5.41 Å². The molecule has 5 heteroatoms. The first kappa shape index (κ1) is 16.6. The van der Waals surface area contributed by atoms with E-state index in [1.165, 1.54) is 13.8 Å². The highest BCUT2D eigenvalue weighted by atomic mass is 32.2. The Bertz CT molecular complexity index is 534. The van der Waals surface area contributed by atoms with Gasteiger partial charge in [-0.05, 0) is 45.4 Å². The van der Waals surface area contributed by atoms with Crippen molar-refractivity contribution in [2.75, 3.05) is 12.4 Å². The second-order valence-corrected chi connectivity index (χ2v) is 6.53. The molecule has 0 aliphatic carbocycles. The van der Waals surface area contributed by atoms with Crippen LogP contribution in [0.5, 0.6) is 0 Å². The lowest BCUT2D eigenvalue weighted by Gasteiger charge is -2.20. The lowest BCUT2D eigenvalue weighted by Crippen LogP contribution is -2.37. The Balaban J connectivity index is 2.80. The van der Waals surface area contributed by atoms with Crippen molar-refractivity contribution in [1.29, 1.82) is 0 Å². The highest BCUT2D eigenvalue weighted by Gasteiger charge is 2.37. The van der Waals surface area contributed by atoms with Crippen LogP contribution in [-0.2, 0) is 25.1 Å². The van der Waals surface area contributed by atoms with Crippen molar-refractivity contribution in [2.45, 2.75) is 32.6 Å². The van der Waals surface area contributed by atoms with E-state index in [0.29, 0.717) is 4.90 Å². The topological polar surface area (TPSA) is 60.4 Å². The minimum Gasteiger partial charge on any atom is -0.465 e. The Hall–Kier alpha value is -1.49. The van der Waals surface area contributed by atoms with Crippen molar-refractivity contribution in [3.8, 4) is 0 Å². The molecule has 0 amide bonds. The third-order valence-electron chi connectivity index (χ3n) is 3.00. The third kappa shape index (κ3) is 4.00. The molecule has 4 nitrogen and oxygen atoms in total. The van der Waals surface area contributed by atoms with Gasteiger partial charge in [-0.1, -0.05) is 12.1 Å². The zero-order chi connectivity index (χ0) is 15.3. The van der Waals surface area contributed by atoms with Crippen LogP contribution in [0.1, 0.15) is 26.3 Å². The van der Waals surface area contributed by atoms with Gasteiger partial charge in [0, 0.05) is 4.90 Å². The molecule has 0 saturated heterocycles. The summed E-state index contributed by atoms with van der Waals surface area (Å²) in [6.07, 6.45) is 0. The predicted molar refractivity (Wildman–Crippen MR) is 77.9 cm³/mol. The van der Waals surface area contributed by atoms with E-state index in [9.17, 15) is 13.8 Å². The van der Waals surface area contributed by atoms with Crippen LogP contribution in [0.15, 0.2) is 29.2 Å². The molecule has 0 aromatic heterocycles. The molecule has 1 aromatic rings. The van der Waals surface area contributed by atoms with Gasteiger partial charge in [0.2, 0.25) is 0 Å². The first-order valence-electron chi connectivity index (χ1n) is 6.44. The molecule has 20 heavy (non-hydrogen) atoms. The molecule has 0 bridgehead atoms. The van der Waals surface area contributed by atoms with Crippen LogP contribution < -0.4 is 0 Å². The molecule has 0 saturated carbocycles. The minimum absolute atomic E-state index is 0.185. The average molecular weight is 296 g/mol. The van der Waals surface area contributed by atoms with E-state index >= 15 is 0 Å². The molecule has 1 atom stereocenters. The number of esters is 1. The summed E-state index contributed by atoms with van der Waals surface area (Å²) in [7, 11) is -1.45. The largest absolute Gasteiger partial charge is 0.465 e. The Labute approximate surface area is 122 Å². The van der Waals surface area contributed by atoms with Gasteiger partial charge in [-0.25, -0.2) is 0 Å². The highest BCUT2D eigenvalue weighted by Crippen LogP contribution is 2.21. The van der Waals surface area contributed by atoms with Crippen molar-refractivity contribution < 1.29 is 18.5 Å². The van der Waals surface area contributed by atoms with Crippen molar-refractivity contribution >= 4 is 22.6 Å². The first-order chi connectivity index (χ1) is 9.28. The summed E-state index contributed by atoms with van der Waals surface area (Å²) in [5, 5.41) is 0. The molecule has 0 spiro atoms. The molecule has 1 rings (SSSR count). The van der Waals surface area contributed by atoms with Crippen LogP contribution in [0.3, 0.4) is 0 Å². The number of ketones is 1. The molecule has 0 heterocycles. The number of hydrogen-bond acceptors (Lipinski definition) is 4. The Morgan fingerprint density at radius 3 is 2.50 bits per heavy atom. The van der Waals surface area contributed by atoms with Crippen LogP contribution in [0, 0.1) is 12.3 Å². The van der Waals surface area contributed by atoms with Gasteiger partial charge >= 0.3 is 5.97 Å². The van der Waals surface area contributed by atoms with Gasteiger partial charge in [-0.15, -0.1) is 0 Å². The maximum Gasteiger partial charge on any atom is 0.319 e. The van der Waals surface area contributed by atoms with Crippen molar-refractivity contribution in [1.82, 2.24) is 0 Å². The molecule has 0 aliphatic heterocycles. The number of hydrogen-bond donors (Lipinski definition) is 0. The smallest absolute Gasteiger partial charge is 0.319 e. The zero-order valence-corrected chi connectivity index (χ0v) is 13.1. The number of Topliss-reactive ketones (excluding diaryl/α,β-unsaturated/α-hetero) is 1. The Morgan fingerprint density at radius 1 is 1.30 bits per heavy atom. The average Bonchev–Trinajstić information content (AvgIpc) is 2.38. The number of carbonyl (C=O) groups is 2. The van der Waals surface area contributed by atoms with Gasteiger partial charge in [-0.3, -0.25) is 13.8 Å². The molecule has 0 radical (unpaired) electrons. The van der Waals surface area contributed by atoms with Crippen molar-refractivity contribution in [3.05, 3.63) is 29.8 Å². The van der Waals surface area contributed by atoms with Gasteiger partial charge in [0.15, 0.2) is 5.78 Å². The number of aryl methyl sites for hydroxylation is 1. The van der Waals surface area contributed by atoms with Crippen molar-refractivity contribution in [2.24, 2.45) is 5.41 Å². The van der Waals surface area contributed by atoms with E-state index in [0.717, 1.165) is 5.56 Å². The molecule has 0 N–H and O–H groups in total. The van der Waals surface area contributed by atoms with Crippen LogP contribution in [0.25, 0.3) is 0 Å². The number of benzene rings is 1. The Kier molecular flexibility index (Phi) is 5.62. The normalized spacial score (nSPS) is 12.8. The molecular weight excluding hydrogens is 276 g/mol. The van der Waals surface area contributed by atoms with Crippen LogP contribution >= 0.6 is 0 Å².